The summed E-state index contributed by atoms with van der Waals surface area (Å²) < 4.78 is 12.2. The zero-order chi connectivity index (χ0) is 18.3. The minimum atomic E-state index is -0.550. The summed E-state index contributed by atoms with van der Waals surface area (Å²) in [6, 6.07) is 17.9. The number of benzene rings is 1. The van der Waals surface area contributed by atoms with Crippen molar-refractivity contribution in [2.24, 2.45) is 0 Å². The van der Waals surface area contributed by atoms with Crippen molar-refractivity contribution in [3.8, 4) is 11.5 Å². The molecule has 2 heterocycles. The van der Waals surface area contributed by atoms with Crippen molar-refractivity contribution < 1.29 is 26.5 Å². The first-order chi connectivity index (χ1) is 12.5. The Kier molecular flexibility index (Phi) is 6.70. The quantitative estimate of drug-likeness (QED) is 0.152. The number of rotatable bonds is 1. The van der Waals surface area contributed by atoms with Crippen LogP contribution in [0.25, 0.3) is 0 Å². The molecule has 27 heavy (non-hydrogen) atoms. The number of ether oxygens (including phenoxy) is 2. The van der Waals surface area contributed by atoms with Crippen LogP contribution in [0.1, 0.15) is 5.56 Å². The normalized spacial score (nSPS) is 21.9. The zero-order valence-corrected chi connectivity index (χ0v) is 18.5. The Labute approximate surface area is 192 Å². The fraction of sp³-hybridized carbons (Fsp3) is 0.158. The Hall–Kier alpha value is -0.451. The van der Waals surface area contributed by atoms with E-state index in [0.29, 0.717) is 11.5 Å². The molecule has 0 radical (unpaired) electrons. The third kappa shape index (κ3) is 3.62. The molecule has 2 atom stereocenters. The first kappa shape index (κ1) is 21.3. The van der Waals surface area contributed by atoms with Gasteiger partial charge in [-0.05, 0) is 0 Å². The first-order valence-corrected chi connectivity index (χ1v) is 10.3. The van der Waals surface area contributed by atoms with Crippen molar-refractivity contribution >= 4 is 58.2 Å². The monoisotopic (exact) mass is 500 g/mol. The van der Waals surface area contributed by atoms with Crippen molar-refractivity contribution in [2.75, 3.05) is 5.75 Å². The molecule has 2 unspecified atom stereocenters. The standard InChI is InChI=1S/C14H7Cl4O2S.C5H5.Fe/c15-7-8(16)10(18)12-11(9(7)17)19-13-14(20-12,5-21-13)6-3-1-2-4-6;1-2-4-5-3-1;/h1-4,13H,5H2;1-5H;/q-1;-5;. The second-order valence-electron chi connectivity index (χ2n) is 5.80. The fourth-order valence-electron chi connectivity index (χ4n) is 2.84. The summed E-state index contributed by atoms with van der Waals surface area (Å²) in [5.74, 6) is 1.49. The topological polar surface area (TPSA) is 18.5 Å². The largest absolute Gasteiger partial charge is 0.748 e. The van der Waals surface area contributed by atoms with Crippen molar-refractivity contribution in [1.29, 1.82) is 0 Å². The molecule has 0 aromatic heterocycles. The Morgan fingerprint density at radius 2 is 1.41 bits per heavy atom. The summed E-state index contributed by atoms with van der Waals surface area (Å²) in [4.78, 5) is 0. The third-order valence-corrected chi connectivity index (χ3v) is 7.37. The number of fused-ring (bicyclic) bond motifs is 2. The molecule has 2 aliphatic rings. The molecular weight excluding hydrogens is 490 g/mol. The maximum absolute atomic E-state index is 6.26. The number of thioether (sulfide) groups is 1. The van der Waals surface area contributed by atoms with Crippen LogP contribution < -0.4 is 9.47 Å². The van der Waals surface area contributed by atoms with Gasteiger partial charge in [0.2, 0.25) is 0 Å². The molecule has 0 amide bonds. The van der Waals surface area contributed by atoms with Gasteiger partial charge in [0, 0.05) is 22.8 Å². The molecule has 2 nitrogen and oxygen atoms in total. The predicted molar refractivity (Wildman–Crippen MR) is 110 cm³/mol. The molecule has 0 spiro atoms. The van der Waals surface area contributed by atoms with E-state index in [9.17, 15) is 0 Å². The van der Waals surface area contributed by atoms with Crippen LogP contribution in [0.3, 0.4) is 0 Å². The van der Waals surface area contributed by atoms with Gasteiger partial charge >= 0.3 is 0 Å². The van der Waals surface area contributed by atoms with Crippen LogP contribution in [0.15, 0.2) is 54.6 Å². The van der Waals surface area contributed by atoms with E-state index < -0.39 is 5.60 Å². The minimum absolute atomic E-state index is 0. The molecule has 0 aliphatic carbocycles. The molecule has 8 heteroatoms. The van der Waals surface area contributed by atoms with Gasteiger partial charge in [-0.1, -0.05) is 46.4 Å². The Balaban J connectivity index is 0.000000306. The van der Waals surface area contributed by atoms with Crippen LogP contribution in [-0.4, -0.2) is 11.2 Å². The van der Waals surface area contributed by atoms with Crippen molar-refractivity contribution in [2.45, 2.75) is 11.0 Å². The van der Waals surface area contributed by atoms with E-state index in [-0.39, 0.29) is 42.6 Å². The van der Waals surface area contributed by atoms with Crippen molar-refractivity contribution in [3.63, 3.8) is 0 Å². The SMILES string of the molecule is Clc1c(Cl)c(Cl)c2c(c1Cl)OC1SCC1([c-]1cccc1)O2.[Fe].[cH-]1[cH-][cH-][cH-][cH-]1. The summed E-state index contributed by atoms with van der Waals surface area (Å²) in [7, 11) is 0. The second-order valence-corrected chi connectivity index (χ2v) is 8.36. The molecule has 0 bridgehead atoms. The molecule has 1 saturated heterocycles. The first-order valence-electron chi connectivity index (χ1n) is 7.76. The molecule has 0 saturated carbocycles. The molecule has 3 aromatic carbocycles. The number of halogens is 4. The Morgan fingerprint density at radius 3 is 1.89 bits per heavy atom. The number of hydrogen-bond donors (Lipinski definition) is 0. The molecule has 148 valence electrons. The maximum Gasteiger partial charge on any atom is 0.184 e. The Bertz CT molecular complexity index is 897. The number of hydrogen-bond acceptors (Lipinski definition) is 3. The molecule has 5 rings (SSSR count). The van der Waals surface area contributed by atoms with E-state index >= 15 is 0 Å². The summed E-state index contributed by atoms with van der Waals surface area (Å²) in [6.45, 7) is 0. The summed E-state index contributed by atoms with van der Waals surface area (Å²) in [5, 5.41) is 0.802. The van der Waals surface area contributed by atoms with Crippen LogP contribution in [0.5, 0.6) is 11.5 Å². The van der Waals surface area contributed by atoms with Gasteiger partial charge in [-0.3, -0.25) is 0 Å². The van der Waals surface area contributed by atoms with Gasteiger partial charge in [0.15, 0.2) is 16.9 Å². The van der Waals surface area contributed by atoms with Crippen molar-refractivity contribution in [1.82, 2.24) is 0 Å². The Morgan fingerprint density at radius 1 is 0.889 bits per heavy atom. The molecule has 2 aliphatic heterocycles. The summed E-state index contributed by atoms with van der Waals surface area (Å²) >= 11 is 26.3. The van der Waals surface area contributed by atoms with Crippen LogP contribution in [0, 0.1) is 0 Å². The summed E-state index contributed by atoms with van der Waals surface area (Å²) in [5.41, 5.74) is 0.319. The minimum Gasteiger partial charge on any atom is -0.748 e. The van der Waals surface area contributed by atoms with Gasteiger partial charge < -0.3 is 39.8 Å². The zero-order valence-electron chi connectivity index (χ0n) is 13.6. The molecular formula is C19H12Cl4FeO2S-6. The van der Waals surface area contributed by atoms with Gasteiger partial charge in [0.25, 0.3) is 0 Å². The van der Waals surface area contributed by atoms with Gasteiger partial charge in [0.05, 0.1) is 10.0 Å². The van der Waals surface area contributed by atoms with E-state index in [0.717, 1.165) is 11.3 Å². The van der Waals surface area contributed by atoms with Crippen molar-refractivity contribution in [3.05, 3.63) is 80.3 Å². The van der Waals surface area contributed by atoms with E-state index in [1.807, 2.05) is 54.6 Å². The van der Waals surface area contributed by atoms with Gasteiger partial charge in [-0.25, -0.2) is 12.1 Å². The van der Waals surface area contributed by atoms with Crippen LogP contribution >= 0.6 is 58.2 Å². The maximum atomic E-state index is 6.26. The van der Waals surface area contributed by atoms with Gasteiger partial charge in [0.1, 0.15) is 15.6 Å². The van der Waals surface area contributed by atoms with Crippen LogP contribution in [-0.2, 0) is 22.7 Å². The summed E-state index contributed by atoms with van der Waals surface area (Å²) in [6.07, 6.45) is 0. The fourth-order valence-corrected chi connectivity index (χ4v) is 4.92. The average Bonchev–Trinajstić information content (AvgIpc) is 3.35. The van der Waals surface area contributed by atoms with Crippen LogP contribution in [0.4, 0.5) is 0 Å². The van der Waals surface area contributed by atoms with E-state index in [1.54, 1.807) is 11.8 Å². The van der Waals surface area contributed by atoms with Gasteiger partial charge in [-0.15, -0.1) is 17.3 Å². The molecule has 3 aromatic rings. The van der Waals surface area contributed by atoms with Crippen LogP contribution in [0.2, 0.25) is 20.1 Å². The molecule has 0 N–H and O–H groups in total. The van der Waals surface area contributed by atoms with E-state index in [1.165, 1.54) is 0 Å². The second kappa shape index (κ2) is 8.51. The van der Waals surface area contributed by atoms with E-state index in [4.69, 9.17) is 55.9 Å². The smallest absolute Gasteiger partial charge is 0.184 e. The van der Waals surface area contributed by atoms with E-state index in [2.05, 4.69) is 0 Å². The predicted octanol–water partition coefficient (Wildman–Crippen LogP) is 7.16. The third-order valence-electron chi connectivity index (χ3n) is 4.23. The molecule has 1 fully saturated rings. The van der Waals surface area contributed by atoms with Gasteiger partial charge in [-0.2, -0.15) is 12.1 Å². The average molecular weight is 502 g/mol.